The molecule has 5 nitrogen and oxygen atoms in total. The van der Waals surface area contributed by atoms with Crippen molar-refractivity contribution >= 4 is 28.8 Å². The van der Waals surface area contributed by atoms with E-state index in [1.807, 2.05) is 92.7 Å². The molecule has 0 saturated heterocycles. The molecule has 0 atom stereocenters. The fraction of sp³-hybridized carbons (Fsp3) is 0.214. The smallest absolute Gasteiger partial charge is 0.282 e. The molecular formula is C28H28N2O3. The van der Waals surface area contributed by atoms with E-state index in [1.54, 1.807) is 0 Å². The summed E-state index contributed by atoms with van der Waals surface area (Å²) in [5.41, 5.74) is 3.72. The number of hydrogen-bond acceptors (Lipinski definition) is 4. The number of amides is 2. The van der Waals surface area contributed by atoms with Crippen LogP contribution in [0.3, 0.4) is 0 Å². The third kappa shape index (κ3) is 4.67. The fourth-order valence-corrected chi connectivity index (χ4v) is 3.79. The van der Waals surface area contributed by atoms with Gasteiger partial charge in [0.15, 0.2) is 0 Å². The van der Waals surface area contributed by atoms with Crippen molar-refractivity contribution in [2.45, 2.75) is 39.7 Å². The Kier molecular flexibility index (Phi) is 6.31. The second-order valence-electron chi connectivity index (χ2n) is 8.62. The lowest BCUT2D eigenvalue weighted by Gasteiger charge is -2.16. The molecule has 0 aromatic heterocycles. The van der Waals surface area contributed by atoms with Gasteiger partial charge in [0.2, 0.25) is 0 Å². The molecule has 4 rings (SSSR count). The van der Waals surface area contributed by atoms with E-state index in [9.17, 15) is 9.59 Å². The molecule has 0 aliphatic carbocycles. The Labute approximate surface area is 194 Å². The van der Waals surface area contributed by atoms with Gasteiger partial charge in [0, 0.05) is 5.69 Å². The quantitative estimate of drug-likeness (QED) is 0.458. The standard InChI is InChI=1S/C28H28N2O3/c1-18(2)20-10-14-23(15-11-20)30-27(31)25(21-8-6-5-7-9-21)26(28(30)32)29-22-12-16-24(17-13-22)33-19(3)4/h5-19,29H,1-4H3. The zero-order valence-corrected chi connectivity index (χ0v) is 19.3. The van der Waals surface area contributed by atoms with Crippen LogP contribution in [-0.2, 0) is 9.59 Å². The van der Waals surface area contributed by atoms with Crippen LogP contribution in [0.25, 0.3) is 5.57 Å². The lowest BCUT2D eigenvalue weighted by molar-refractivity contribution is -0.120. The van der Waals surface area contributed by atoms with E-state index in [0.717, 1.165) is 11.3 Å². The second-order valence-corrected chi connectivity index (χ2v) is 8.62. The van der Waals surface area contributed by atoms with Gasteiger partial charge in [-0.05, 0) is 67.3 Å². The highest BCUT2D eigenvalue weighted by molar-refractivity contribution is 6.46. The molecule has 1 heterocycles. The Bertz CT molecular complexity index is 1180. The first kappa shape index (κ1) is 22.3. The van der Waals surface area contributed by atoms with Crippen LogP contribution in [0.5, 0.6) is 5.75 Å². The van der Waals surface area contributed by atoms with Gasteiger partial charge >= 0.3 is 0 Å². The van der Waals surface area contributed by atoms with Gasteiger partial charge in [0.25, 0.3) is 11.8 Å². The summed E-state index contributed by atoms with van der Waals surface area (Å²) in [4.78, 5) is 28.2. The number of imide groups is 1. The normalized spacial score (nSPS) is 13.9. The largest absolute Gasteiger partial charge is 0.491 e. The summed E-state index contributed by atoms with van der Waals surface area (Å²) in [7, 11) is 0. The molecule has 1 N–H and O–H groups in total. The van der Waals surface area contributed by atoms with E-state index < -0.39 is 0 Å². The molecule has 33 heavy (non-hydrogen) atoms. The van der Waals surface area contributed by atoms with Gasteiger partial charge < -0.3 is 10.1 Å². The van der Waals surface area contributed by atoms with E-state index in [0.29, 0.717) is 28.4 Å². The average Bonchev–Trinajstić information content (AvgIpc) is 3.04. The number of hydrogen-bond donors (Lipinski definition) is 1. The maximum Gasteiger partial charge on any atom is 0.282 e. The molecule has 3 aromatic carbocycles. The van der Waals surface area contributed by atoms with Crippen molar-refractivity contribution in [2.24, 2.45) is 0 Å². The van der Waals surface area contributed by atoms with E-state index in [2.05, 4.69) is 19.2 Å². The molecule has 0 fully saturated rings. The van der Waals surface area contributed by atoms with Crippen molar-refractivity contribution in [3.8, 4) is 5.75 Å². The Morgan fingerprint density at radius 2 is 1.39 bits per heavy atom. The number of carbonyl (C=O) groups is 2. The van der Waals surface area contributed by atoms with Crippen LogP contribution in [-0.4, -0.2) is 17.9 Å². The van der Waals surface area contributed by atoms with Gasteiger partial charge in [-0.15, -0.1) is 0 Å². The fourth-order valence-electron chi connectivity index (χ4n) is 3.79. The van der Waals surface area contributed by atoms with Crippen LogP contribution in [0.1, 0.15) is 44.7 Å². The van der Waals surface area contributed by atoms with E-state index >= 15 is 0 Å². The first-order valence-corrected chi connectivity index (χ1v) is 11.2. The van der Waals surface area contributed by atoms with Crippen LogP contribution >= 0.6 is 0 Å². The summed E-state index contributed by atoms with van der Waals surface area (Å²) in [6.07, 6.45) is 0.0703. The molecule has 0 bridgehead atoms. The highest BCUT2D eigenvalue weighted by Crippen LogP contribution is 2.34. The molecule has 168 valence electrons. The Balaban J connectivity index is 1.70. The Morgan fingerprint density at radius 1 is 0.758 bits per heavy atom. The van der Waals surface area contributed by atoms with Crippen molar-refractivity contribution in [2.75, 3.05) is 10.2 Å². The highest BCUT2D eigenvalue weighted by Gasteiger charge is 2.40. The number of benzene rings is 3. The number of rotatable bonds is 7. The predicted molar refractivity (Wildman–Crippen MR) is 132 cm³/mol. The van der Waals surface area contributed by atoms with E-state index in [-0.39, 0.29) is 23.6 Å². The SMILES string of the molecule is CC(C)Oc1ccc(NC2=C(c3ccccc3)C(=O)N(c3ccc(C(C)C)cc3)C2=O)cc1. The van der Waals surface area contributed by atoms with Gasteiger partial charge in [-0.2, -0.15) is 0 Å². The molecule has 0 spiro atoms. The first-order valence-electron chi connectivity index (χ1n) is 11.2. The zero-order chi connectivity index (χ0) is 23.5. The molecule has 3 aromatic rings. The van der Waals surface area contributed by atoms with Crippen molar-refractivity contribution in [1.29, 1.82) is 0 Å². The zero-order valence-electron chi connectivity index (χ0n) is 19.3. The maximum atomic E-state index is 13.5. The minimum Gasteiger partial charge on any atom is -0.491 e. The van der Waals surface area contributed by atoms with Gasteiger partial charge in [-0.3, -0.25) is 9.59 Å². The lowest BCUT2D eigenvalue weighted by Crippen LogP contribution is -2.32. The lowest BCUT2D eigenvalue weighted by atomic mass is 10.0. The molecule has 0 saturated carbocycles. The second kappa shape index (κ2) is 9.33. The Morgan fingerprint density at radius 3 is 1.97 bits per heavy atom. The van der Waals surface area contributed by atoms with Crippen molar-refractivity contribution < 1.29 is 14.3 Å². The van der Waals surface area contributed by atoms with Gasteiger partial charge in [0.1, 0.15) is 11.4 Å². The number of nitrogens with zero attached hydrogens (tertiary/aromatic N) is 1. The summed E-state index contributed by atoms with van der Waals surface area (Å²) < 4.78 is 5.70. The number of carbonyl (C=O) groups excluding carboxylic acids is 2. The van der Waals surface area contributed by atoms with Crippen LogP contribution in [0.15, 0.2) is 84.6 Å². The van der Waals surface area contributed by atoms with E-state index in [4.69, 9.17) is 4.74 Å². The maximum absolute atomic E-state index is 13.5. The third-order valence-electron chi connectivity index (χ3n) is 5.46. The molecule has 5 heteroatoms. The Hall–Kier alpha value is -3.86. The van der Waals surface area contributed by atoms with Crippen LogP contribution in [0, 0.1) is 0 Å². The predicted octanol–water partition coefficient (Wildman–Crippen LogP) is 5.99. The number of nitrogens with one attached hydrogen (secondary N) is 1. The molecule has 0 unspecified atom stereocenters. The first-order chi connectivity index (χ1) is 15.8. The molecule has 0 radical (unpaired) electrons. The monoisotopic (exact) mass is 440 g/mol. The summed E-state index contributed by atoms with van der Waals surface area (Å²) >= 11 is 0. The van der Waals surface area contributed by atoms with E-state index in [1.165, 1.54) is 4.90 Å². The molecule has 1 aliphatic rings. The third-order valence-corrected chi connectivity index (χ3v) is 5.46. The minimum absolute atomic E-state index is 0.0703. The van der Waals surface area contributed by atoms with Gasteiger partial charge in [-0.25, -0.2) is 4.90 Å². The van der Waals surface area contributed by atoms with Crippen molar-refractivity contribution in [3.05, 3.63) is 95.7 Å². The average molecular weight is 441 g/mol. The van der Waals surface area contributed by atoms with Gasteiger partial charge in [0.05, 0.1) is 17.4 Å². The molecular weight excluding hydrogens is 412 g/mol. The molecule has 1 aliphatic heterocycles. The van der Waals surface area contributed by atoms with Crippen LogP contribution in [0.2, 0.25) is 0 Å². The number of anilines is 2. The number of ether oxygens (including phenoxy) is 1. The molecule has 2 amide bonds. The topological polar surface area (TPSA) is 58.6 Å². The highest BCUT2D eigenvalue weighted by atomic mass is 16.5. The van der Waals surface area contributed by atoms with Crippen molar-refractivity contribution in [1.82, 2.24) is 0 Å². The summed E-state index contributed by atoms with van der Waals surface area (Å²) in [6, 6.07) is 24.2. The van der Waals surface area contributed by atoms with Crippen LogP contribution in [0.4, 0.5) is 11.4 Å². The minimum atomic E-state index is -0.376. The summed E-state index contributed by atoms with van der Waals surface area (Å²) in [6.45, 7) is 8.15. The summed E-state index contributed by atoms with van der Waals surface area (Å²) in [5.74, 6) is 0.389. The van der Waals surface area contributed by atoms with Crippen LogP contribution < -0.4 is 15.0 Å². The van der Waals surface area contributed by atoms with Gasteiger partial charge in [-0.1, -0.05) is 56.3 Å². The summed E-state index contributed by atoms with van der Waals surface area (Å²) in [5, 5.41) is 3.19. The van der Waals surface area contributed by atoms with Crippen molar-refractivity contribution in [3.63, 3.8) is 0 Å².